The van der Waals surface area contributed by atoms with Crippen LogP contribution in [0.15, 0.2) is 60.2 Å². The second-order valence-electron chi connectivity index (χ2n) is 5.21. The molecule has 0 spiro atoms. The van der Waals surface area contributed by atoms with Crippen LogP contribution in [0, 0.1) is 6.92 Å². The lowest BCUT2D eigenvalue weighted by Crippen LogP contribution is -2.33. The van der Waals surface area contributed by atoms with Crippen LogP contribution in [0.25, 0.3) is 6.08 Å². The molecule has 2 aromatic rings. The Balaban J connectivity index is 2.14. The minimum atomic E-state index is 0.584. The van der Waals surface area contributed by atoms with E-state index in [4.69, 9.17) is 12.2 Å². The molecule has 0 aliphatic heterocycles. The van der Waals surface area contributed by atoms with Gasteiger partial charge >= 0.3 is 0 Å². The highest BCUT2D eigenvalue weighted by Crippen LogP contribution is 2.10. The van der Waals surface area contributed by atoms with Crippen LogP contribution in [0.3, 0.4) is 0 Å². The van der Waals surface area contributed by atoms with Gasteiger partial charge in [0.1, 0.15) is 0 Å². The molecule has 2 rings (SSSR count). The number of thiocarbonyl (C=S) groups is 1. The highest BCUT2D eigenvalue weighted by Gasteiger charge is 2.07. The van der Waals surface area contributed by atoms with Gasteiger partial charge in [0, 0.05) is 7.05 Å². The number of hydrogen-bond donors (Lipinski definition) is 1. The average Bonchev–Trinajstić information content (AvgIpc) is 2.59. The maximum Gasteiger partial charge on any atom is 0.189 e. The number of hydrazone groups is 1. The van der Waals surface area contributed by atoms with Gasteiger partial charge in [-0.2, -0.15) is 5.10 Å². The molecule has 0 saturated heterocycles. The van der Waals surface area contributed by atoms with Crippen LogP contribution in [0.4, 0.5) is 0 Å². The maximum atomic E-state index is 5.35. The molecule has 0 unspecified atom stereocenters. The van der Waals surface area contributed by atoms with Crippen LogP contribution in [0.5, 0.6) is 0 Å². The maximum absolute atomic E-state index is 5.35. The quantitative estimate of drug-likeness (QED) is 0.512. The van der Waals surface area contributed by atoms with Gasteiger partial charge in [-0.05, 0) is 35.8 Å². The third-order valence-electron chi connectivity index (χ3n) is 3.42. The summed E-state index contributed by atoms with van der Waals surface area (Å²) < 4.78 is 0. The smallest absolute Gasteiger partial charge is 0.189 e. The summed E-state index contributed by atoms with van der Waals surface area (Å²) in [4.78, 5) is 0. The molecule has 118 valence electrons. The fraction of sp³-hybridized carbons (Fsp3) is 0.158. The summed E-state index contributed by atoms with van der Waals surface area (Å²) in [7, 11) is 1.80. The molecule has 0 heterocycles. The zero-order valence-corrected chi connectivity index (χ0v) is 14.3. The molecule has 4 heteroatoms. The summed E-state index contributed by atoms with van der Waals surface area (Å²) in [6.45, 7) is 6.44. The number of nitrogens with one attached hydrogen (secondary N) is 1. The lowest BCUT2D eigenvalue weighted by molar-refractivity contribution is 0.437. The second kappa shape index (κ2) is 8.25. The van der Waals surface area contributed by atoms with Gasteiger partial charge in [0.2, 0.25) is 0 Å². The van der Waals surface area contributed by atoms with Gasteiger partial charge in [-0.15, -0.1) is 0 Å². The molecule has 0 amide bonds. The predicted octanol–water partition coefficient (Wildman–Crippen LogP) is 3.98. The lowest BCUT2D eigenvalue weighted by Gasteiger charge is -2.19. The Morgan fingerprint density at radius 2 is 1.74 bits per heavy atom. The summed E-state index contributed by atoms with van der Waals surface area (Å²) in [5.74, 6) is 0. The fourth-order valence-corrected chi connectivity index (χ4v) is 2.13. The number of rotatable bonds is 5. The highest BCUT2D eigenvalue weighted by atomic mass is 32.1. The van der Waals surface area contributed by atoms with Crippen molar-refractivity contribution in [1.82, 2.24) is 10.3 Å². The Bertz CT molecular complexity index is 688. The van der Waals surface area contributed by atoms with Crippen molar-refractivity contribution < 1.29 is 0 Å². The van der Waals surface area contributed by atoms with E-state index in [0.717, 1.165) is 16.7 Å². The molecule has 0 radical (unpaired) electrons. The Kier molecular flexibility index (Phi) is 6.06. The molecule has 0 saturated carbocycles. The minimum absolute atomic E-state index is 0.584. The van der Waals surface area contributed by atoms with Crippen LogP contribution < -0.4 is 5.32 Å². The Labute approximate surface area is 143 Å². The average molecular weight is 323 g/mol. The molecule has 0 bridgehead atoms. The van der Waals surface area contributed by atoms with Gasteiger partial charge in [-0.3, -0.25) is 0 Å². The fourth-order valence-electron chi connectivity index (χ4n) is 2.02. The Morgan fingerprint density at radius 1 is 1.13 bits per heavy atom. The third-order valence-corrected chi connectivity index (χ3v) is 3.83. The number of nitrogens with zero attached hydrogens (tertiary/aromatic N) is 2. The highest BCUT2D eigenvalue weighted by molar-refractivity contribution is 7.80. The van der Waals surface area contributed by atoms with Gasteiger partial charge in [-0.1, -0.05) is 66.7 Å². The second-order valence-corrected chi connectivity index (χ2v) is 5.60. The molecule has 0 aliphatic carbocycles. The predicted molar refractivity (Wildman–Crippen MR) is 103 cm³/mol. The first-order valence-corrected chi connectivity index (χ1v) is 7.84. The number of benzene rings is 2. The standard InChI is InChI=1S/C19H21N3S/c1-4-16-9-11-18(12-10-16)14-22(19(23)20-3)21-13-17-7-5-15(2)6-8-17/h4-13H,1,14H2,2-3H3,(H,20,23). The van der Waals surface area contributed by atoms with E-state index in [0.29, 0.717) is 11.7 Å². The zero-order valence-electron chi connectivity index (χ0n) is 13.5. The molecular formula is C19H21N3S. The summed E-state index contributed by atoms with van der Waals surface area (Å²) in [5, 5.41) is 9.86. The summed E-state index contributed by atoms with van der Waals surface area (Å²) in [6, 6.07) is 16.4. The van der Waals surface area contributed by atoms with Crippen LogP contribution in [0.2, 0.25) is 0 Å². The van der Waals surface area contributed by atoms with Crippen LogP contribution in [-0.4, -0.2) is 23.4 Å². The molecule has 1 N–H and O–H groups in total. The topological polar surface area (TPSA) is 27.6 Å². The Morgan fingerprint density at radius 3 is 2.30 bits per heavy atom. The molecule has 3 nitrogen and oxygen atoms in total. The van der Waals surface area contributed by atoms with Gasteiger partial charge < -0.3 is 5.32 Å². The van der Waals surface area contributed by atoms with Crippen molar-refractivity contribution >= 4 is 29.6 Å². The summed E-state index contributed by atoms with van der Waals surface area (Å²) >= 11 is 5.35. The summed E-state index contributed by atoms with van der Waals surface area (Å²) in [6.07, 6.45) is 3.65. The van der Waals surface area contributed by atoms with E-state index >= 15 is 0 Å². The molecular weight excluding hydrogens is 302 g/mol. The van der Waals surface area contributed by atoms with E-state index in [1.807, 2.05) is 36.6 Å². The van der Waals surface area contributed by atoms with Gasteiger partial charge in [-0.25, -0.2) is 5.01 Å². The first-order chi connectivity index (χ1) is 11.1. The van der Waals surface area contributed by atoms with Crippen molar-refractivity contribution in [2.45, 2.75) is 13.5 Å². The van der Waals surface area contributed by atoms with Crippen molar-refractivity contribution in [2.24, 2.45) is 5.10 Å². The van der Waals surface area contributed by atoms with Gasteiger partial charge in [0.25, 0.3) is 0 Å². The van der Waals surface area contributed by atoms with E-state index in [1.54, 1.807) is 12.1 Å². The van der Waals surface area contributed by atoms with Gasteiger partial charge in [0.15, 0.2) is 5.11 Å². The van der Waals surface area contributed by atoms with Crippen LogP contribution in [0.1, 0.15) is 22.3 Å². The number of hydrogen-bond acceptors (Lipinski definition) is 2. The van der Waals surface area contributed by atoms with E-state index in [9.17, 15) is 0 Å². The minimum Gasteiger partial charge on any atom is -0.364 e. The van der Waals surface area contributed by atoms with Crippen molar-refractivity contribution in [3.8, 4) is 0 Å². The molecule has 0 aromatic heterocycles. The van der Waals surface area contributed by atoms with Gasteiger partial charge in [0.05, 0.1) is 12.8 Å². The first-order valence-electron chi connectivity index (χ1n) is 7.43. The van der Waals surface area contributed by atoms with Crippen LogP contribution >= 0.6 is 12.2 Å². The van der Waals surface area contributed by atoms with E-state index in [-0.39, 0.29) is 0 Å². The largest absolute Gasteiger partial charge is 0.364 e. The van der Waals surface area contributed by atoms with Crippen LogP contribution in [-0.2, 0) is 6.54 Å². The van der Waals surface area contributed by atoms with E-state index in [2.05, 4.69) is 48.2 Å². The van der Waals surface area contributed by atoms with E-state index in [1.165, 1.54) is 5.56 Å². The van der Waals surface area contributed by atoms with Crippen molar-refractivity contribution in [2.75, 3.05) is 7.05 Å². The monoisotopic (exact) mass is 323 g/mol. The van der Waals surface area contributed by atoms with Crippen molar-refractivity contribution in [3.63, 3.8) is 0 Å². The SMILES string of the molecule is C=Cc1ccc(CN(N=Cc2ccc(C)cc2)C(=S)NC)cc1. The number of aryl methyl sites for hydroxylation is 1. The third kappa shape index (κ3) is 5.04. The van der Waals surface area contributed by atoms with Crippen molar-refractivity contribution in [3.05, 3.63) is 77.4 Å². The molecule has 2 aromatic carbocycles. The zero-order chi connectivity index (χ0) is 16.7. The first kappa shape index (κ1) is 16.9. The molecule has 0 aliphatic rings. The Hall–Kier alpha value is -2.46. The molecule has 0 atom stereocenters. The van der Waals surface area contributed by atoms with E-state index < -0.39 is 0 Å². The summed E-state index contributed by atoms with van der Waals surface area (Å²) in [5.41, 5.74) is 4.50. The van der Waals surface area contributed by atoms with Crippen molar-refractivity contribution in [1.29, 1.82) is 0 Å². The molecule has 0 fully saturated rings. The molecule has 23 heavy (non-hydrogen) atoms. The lowest BCUT2D eigenvalue weighted by atomic mass is 10.1. The normalized spacial score (nSPS) is 10.5.